The molecule has 2 aromatic carbocycles. The van der Waals surface area contributed by atoms with Gasteiger partial charge >= 0.3 is 29.6 Å². The molecule has 2 aromatic rings. The number of ketones is 2. The van der Waals surface area contributed by atoms with Gasteiger partial charge in [-0.15, -0.1) is 0 Å². The van der Waals surface area contributed by atoms with E-state index in [1.807, 2.05) is 13.8 Å². The Morgan fingerprint density at radius 2 is 1.44 bits per heavy atom. The Morgan fingerprint density at radius 3 is 2.00 bits per heavy atom. The van der Waals surface area contributed by atoms with Crippen LogP contribution >= 0.6 is 0 Å². The third-order valence-electron chi connectivity index (χ3n) is 3.75. The molecule has 1 aliphatic carbocycles. The summed E-state index contributed by atoms with van der Waals surface area (Å²) in [7, 11) is -4.87. The van der Waals surface area contributed by atoms with Gasteiger partial charge in [0.25, 0.3) is 0 Å². The van der Waals surface area contributed by atoms with Crippen LogP contribution in [0.1, 0.15) is 45.7 Å². The molecule has 1 N–H and O–H groups in total. The van der Waals surface area contributed by atoms with Gasteiger partial charge in [-0.2, -0.15) is 0 Å². The molecule has 0 saturated heterocycles. The number of hydrogen-bond acceptors (Lipinski definition) is 6. The molecule has 124 valence electrons. The average Bonchev–Trinajstić information content (AvgIpc) is 2.50. The zero-order valence-electron chi connectivity index (χ0n) is 14.0. The summed E-state index contributed by atoms with van der Waals surface area (Å²) in [5, 5.41) is 3.11. The summed E-state index contributed by atoms with van der Waals surface area (Å²) in [6.45, 7) is 3.79. The molecule has 0 aliphatic heterocycles. The molecule has 0 amide bonds. The minimum absolute atomic E-state index is 0. The fourth-order valence-electron chi connectivity index (χ4n) is 2.85. The van der Waals surface area contributed by atoms with Crippen molar-refractivity contribution in [3.05, 3.63) is 58.7 Å². The van der Waals surface area contributed by atoms with Crippen molar-refractivity contribution in [2.45, 2.75) is 24.8 Å². The second-order valence-corrected chi connectivity index (χ2v) is 7.17. The van der Waals surface area contributed by atoms with Crippen LogP contribution in [0.15, 0.2) is 41.3 Å². The topological polar surface area (TPSA) is 103 Å². The van der Waals surface area contributed by atoms with E-state index in [4.69, 9.17) is 0 Å². The molecule has 0 spiro atoms. The molecular weight excluding hydrogens is 353 g/mol. The SMILES string of the molecule is CC(C)Nc1cccc2c1C(=O)c1cccc(S(=O)(=O)[O-])c1C2=O.[Na+]. The van der Waals surface area contributed by atoms with Crippen molar-refractivity contribution >= 4 is 27.4 Å². The van der Waals surface area contributed by atoms with E-state index in [-0.39, 0.29) is 57.9 Å². The van der Waals surface area contributed by atoms with E-state index in [1.54, 1.807) is 12.1 Å². The van der Waals surface area contributed by atoms with Crippen molar-refractivity contribution in [1.82, 2.24) is 0 Å². The van der Waals surface area contributed by atoms with Gasteiger partial charge in [0.05, 0.1) is 16.0 Å². The molecule has 0 radical (unpaired) electrons. The number of fused-ring (bicyclic) bond motifs is 2. The van der Waals surface area contributed by atoms with Gasteiger partial charge in [0.15, 0.2) is 11.6 Å². The first-order valence-corrected chi connectivity index (χ1v) is 8.70. The Labute approximate surface area is 167 Å². The molecule has 0 fully saturated rings. The van der Waals surface area contributed by atoms with Gasteiger partial charge in [0.2, 0.25) is 0 Å². The third kappa shape index (κ3) is 3.43. The Morgan fingerprint density at radius 1 is 0.920 bits per heavy atom. The molecule has 6 nitrogen and oxygen atoms in total. The zero-order valence-corrected chi connectivity index (χ0v) is 16.8. The van der Waals surface area contributed by atoms with Gasteiger partial charge in [0.1, 0.15) is 10.1 Å². The van der Waals surface area contributed by atoms with E-state index in [0.717, 1.165) is 6.07 Å². The van der Waals surface area contributed by atoms with Crippen LogP contribution in [0.2, 0.25) is 0 Å². The standard InChI is InChI=1S/C17H15NO5S.Na/c1-9(2)18-12-7-3-5-10-14(12)16(19)11-6-4-8-13(24(21,22)23)15(11)17(10)20;/h3-9,18H,1-2H3,(H,21,22,23);/q;+1/p-1. The average molecular weight is 367 g/mol. The zero-order chi connectivity index (χ0) is 17.6. The first kappa shape index (κ1) is 19.8. The van der Waals surface area contributed by atoms with Crippen LogP contribution in [0, 0.1) is 0 Å². The molecule has 0 heterocycles. The van der Waals surface area contributed by atoms with Crippen LogP contribution < -0.4 is 34.9 Å². The summed E-state index contributed by atoms with van der Waals surface area (Å²) in [5.41, 5.74) is 0.384. The molecule has 0 aromatic heterocycles. The van der Waals surface area contributed by atoms with Crippen LogP contribution in [0.5, 0.6) is 0 Å². The quantitative estimate of drug-likeness (QED) is 0.480. The summed E-state index contributed by atoms with van der Waals surface area (Å²) in [5.74, 6) is -1.11. The van der Waals surface area contributed by atoms with Crippen molar-refractivity contribution in [2.75, 3.05) is 5.32 Å². The summed E-state index contributed by atoms with van der Waals surface area (Å²) in [4.78, 5) is 25.0. The molecule has 3 rings (SSSR count). The third-order valence-corrected chi connectivity index (χ3v) is 4.63. The van der Waals surface area contributed by atoms with Crippen molar-refractivity contribution in [3.8, 4) is 0 Å². The fraction of sp³-hybridized carbons (Fsp3) is 0.176. The van der Waals surface area contributed by atoms with Crippen LogP contribution in [-0.2, 0) is 10.1 Å². The first-order chi connectivity index (χ1) is 11.2. The summed E-state index contributed by atoms with van der Waals surface area (Å²) in [6, 6.07) is 8.48. The largest absolute Gasteiger partial charge is 1.00 e. The Bertz CT molecular complexity index is 983. The van der Waals surface area contributed by atoms with Gasteiger partial charge in [-0.25, -0.2) is 8.42 Å². The number of carbonyl (C=O) groups excluding carboxylic acids is 2. The molecule has 0 unspecified atom stereocenters. The number of nitrogens with one attached hydrogen (secondary N) is 1. The van der Waals surface area contributed by atoms with E-state index >= 15 is 0 Å². The molecular formula is C17H14NNaO5S. The second-order valence-electron chi connectivity index (χ2n) is 5.82. The number of hydrogen-bond donors (Lipinski definition) is 1. The van der Waals surface area contributed by atoms with Crippen LogP contribution in [0.3, 0.4) is 0 Å². The van der Waals surface area contributed by atoms with Crippen LogP contribution in [0.4, 0.5) is 5.69 Å². The monoisotopic (exact) mass is 367 g/mol. The van der Waals surface area contributed by atoms with E-state index in [1.165, 1.54) is 18.2 Å². The maximum Gasteiger partial charge on any atom is 1.00 e. The summed E-state index contributed by atoms with van der Waals surface area (Å²) >= 11 is 0. The van der Waals surface area contributed by atoms with E-state index in [0.29, 0.717) is 5.69 Å². The Kier molecular flexibility index (Phi) is 5.56. The van der Waals surface area contributed by atoms with E-state index in [2.05, 4.69) is 5.32 Å². The molecule has 0 bridgehead atoms. The smallest absolute Gasteiger partial charge is 0.744 e. The summed E-state index contributed by atoms with van der Waals surface area (Å²) < 4.78 is 34.4. The van der Waals surface area contributed by atoms with Crippen molar-refractivity contribution in [1.29, 1.82) is 0 Å². The van der Waals surface area contributed by atoms with Gasteiger partial charge in [-0.3, -0.25) is 9.59 Å². The second kappa shape index (κ2) is 7.01. The maximum absolute atomic E-state index is 12.8. The Balaban J connectivity index is 0.00000225. The summed E-state index contributed by atoms with van der Waals surface area (Å²) in [6.07, 6.45) is 0. The molecule has 1 aliphatic rings. The van der Waals surface area contributed by atoms with Gasteiger partial charge in [-0.05, 0) is 26.0 Å². The predicted octanol–water partition coefficient (Wildman–Crippen LogP) is -0.810. The van der Waals surface area contributed by atoms with Crippen LogP contribution in [-0.4, -0.2) is 30.6 Å². The van der Waals surface area contributed by atoms with Crippen molar-refractivity contribution < 1.29 is 52.1 Å². The number of anilines is 1. The van der Waals surface area contributed by atoms with Gasteiger partial charge in [-0.1, -0.05) is 24.3 Å². The first-order valence-electron chi connectivity index (χ1n) is 7.29. The molecule has 8 heteroatoms. The normalized spacial score (nSPS) is 13.1. The van der Waals surface area contributed by atoms with Crippen LogP contribution in [0.25, 0.3) is 0 Å². The minimum Gasteiger partial charge on any atom is -0.744 e. The maximum atomic E-state index is 12.8. The van der Waals surface area contributed by atoms with Gasteiger partial charge in [0, 0.05) is 22.9 Å². The van der Waals surface area contributed by atoms with E-state index in [9.17, 15) is 22.6 Å². The molecule has 0 atom stereocenters. The predicted molar refractivity (Wildman–Crippen MR) is 86.5 cm³/mol. The van der Waals surface area contributed by atoms with Gasteiger partial charge < -0.3 is 9.87 Å². The minimum atomic E-state index is -4.87. The van der Waals surface area contributed by atoms with Crippen molar-refractivity contribution in [3.63, 3.8) is 0 Å². The molecule has 0 saturated carbocycles. The Hall–Kier alpha value is -1.51. The van der Waals surface area contributed by atoms with Crippen molar-refractivity contribution in [2.24, 2.45) is 0 Å². The fourth-order valence-corrected chi connectivity index (χ4v) is 3.55. The number of rotatable bonds is 3. The molecule has 25 heavy (non-hydrogen) atoms. The number of benzene rings is 2. The number of carbonyl (C=O) groups is 2. The van der Waals surface area contributed by atoms with E-state index < -0.39 is 26.6 Å².